The van der Waals surface area contributed by atoms with E-state index in [4.69, 9.17) is 16.3 Å². The van der Waals surface area contributed by atoms with E-state index in [0.717, 1.165) is 16.3 Å². The number of methoxy groups -OCH3 is 1. The van der Waals surface area contributed by atoms with Crippen LogP contribution in [0, 0.1) is 0 Å². The van der Waals surface area contributed by atoms with Crippen LogP contribution in [-0.2, 0) is 0 Å². The quantitative estimate of drug-likeness (QED) is 0.766. The zero-order chi connectivity index (χ0) is 14.8. The molecule has 1 unspecified atom stereocenters. The van der Waals surface area contributed by atoms with Crippen molar-refractivity contribution in [3.8, 4) is 5.75 Å². The number of hydrogen-bond acceptors (Lipinski definition) is 2. The van der Waals surface area contributed by atoms with E-state index in [1.165, 1.54) is 0 Å². The van der Waals surface area contributed by atoms with Gasteiger partial charge < -0.3 is 9.84 Å². The molecule has 1 N–H and O–H groups in total. The summed E-state index contributed by atoms with van der Waals surface area (Å²) < 4.78 is 5.14. The van der Waals surface area contributed by atoms with E-state index >= 15 is 0 Å². The SMILES string of the molecule is COc1ccc(C(O)c2cccc3ccccc23)c(Cl)c1. The van der Waals surface area contributed by atoms with Gasteiger partial charge in [0.15, 0.2) is 0 Å². The highest BCUT2D eigenvalue weighted by Gasteiger charge is 2.16. The molecule has 1 atom stereocenters. The maximum Gasteiger partial charge on any atom is 0.120 e. The Labute approximate surface area is 128 Å². The van der Waals surface area contributed by atoms with Crippen LogP contribution >= 0.6 is 11.6 Å². The third kappa shape index (κ3) is 2.60. The molecule has 0 saturated carbocycles. The molecule has 106 valence electrons. The first-order valence-corrected chi connectivity index (χ1v) is 7.07. The highest BCUT2D eigenvalue weighted by molar-refractivity contribution is 6.31. The zero-order valence-electron chi connectivity index (χ0n) is 11.6. The van der Waals surface area contributed by atoms with Crippen LogP contribution in [0.2, 0.25) is 5.02 Å². The Morgan fingerprint density at radius 2 is 1.71 bits per heavy atom. The Hall–Kier alpha value is -2.03. The van der Waals surface area contributed by atoms with Crippen LogP contribution in [-0.4, -0.2) is 12.2 Å². The Morgan fingerprint density at radius 1 is 0.952 bits per heavy atom. The van der Waals surface area contributed by atoms with Gasteiger partial charge in [-0.3, -0.25) is 0 Å². The van der Waals surface area contributed by atoms with Gasteiger partial charge in [0, 0.05) is 5.56 Å². The normalized spacial score (nSPS) is 12.3. The van der Waals surface area contributed by atoms with E-state index < -0.39 is 6.10 Å². The number of aliphatic hydroxyl groups excluding tert-OH is 1. The van der Waals surface area contributed by atoms with Crippen LogP contribution in [0.15, 0.2) is 60.7 Å². The third-order valence-electron chi connectivity index (χ3n) is 3.62. The first-order chi connectivity index (χ1) is 10.2. The predicted molar refractivity (Wildman–Crippen MR) is 86.0 cm³/mol. The molecular formula is C18H15ClO2. The molecular weight excluding hydrogens is 284 g/mol. The van der Waals surface area contributed by atoms with Crippen molar-refractivity contribution in [2.75, 3.05) is 7.11 Å². The fraction of sp³-hybridized carbons (Fsp3) is 0.111. The van der Waals surface area contributed by atoms with E-state index in [2.05, 4.69) is 0 Å². The van der Waals surface area contributed by atoms with Crippen LogP contribution in [0.25, 0.3) is 10.8 Å². The maximum absolute atomic E-state index is 10.7. The average molecular weight is 299 g/mol. The van der Waals surface area contributed by atoms with E-state index in [1.807, 2.05) is 42.5 Å². The summed E-state index contributed by atoms with van der Waals surface area (Å²) in [5.74, 6) is 0.675. The standard InChI is InChI=1S/C18H15ClO2/c1-21-13-9-10-16(17(19)11-13)18(20)15-8-4-6-12-5-2-3-7-14(12)15/h2-11,18,20H,1H3. The van der Waals surface area contributed by atoms with E-state index in [-0.39, 0.29) is 0 Å². The molecule has 21 heavy (non-hydrogen) atoms. The molecule has 0 spiro atoms. The summed E-state index contributed by atoms with van der Waals surface area (Å²) in [7, 11) is 1.59. The lowest BCUT2D eigenvalue weighted by Crippen LogP contribution is -2.01. The molecule has 3 aromatic rings. The first-order valence-electron chi connectivity index (χ1n) is 6.70. The van der Waals surface area contributed by atoms with Crippen molar-refractivity contribution < 1.29 is 9.84 Å². The maximum atomic E-state index is 10.7. The third-order valence-corrected chi connectivity index (χ3v) is 3.95. The Morgan fingerprint density at radius 3 is 2.48 bits per heavy atom. The summed E-state index contributed by atoms with van der Waals surface area (Å²) in [6.45, 7) is 0. The van der Waals surface area contributed by atoms with Crippen molar-refractivity contribution in [2.24, 2.45) is 0 Å². The lowest BCUT2D eigenvalue weighted by Gasteiger charge is -2.16. The second-order valence-electron chi connectivity index (χ2n) is 4.86. The summed E-state index contributed by atoms with van der Waals surface area (Å²) in [4.78, 5) is 0. The first kappa shape index (κ1) is 13.9. The summed E-state index contributed by atoms with van der Waals surface area (Å²) in [6.07, 6.45) is -0.769. The molecule has 0 heterocycles. The van der Waals surface area contributed by atoms with Crippen LogP contribution in [0.5, 0.6) is 5.75 Å². The number of hydrogen-bond donors (Lipinski definition) is 1. The summed E-state index contributed by atoms with van der Waals surface area (Å²) in [5.41, 5.74) is 1.52. The van der Waals surface area contributed by atoms with Gasteiger partial charge in [0.25, 0.3) is 0 Å². The van der Waals surface area contributed by atoms with Gasteiger partial charge in [-0.25, -0.2) is 0 Å². The van der Waals surface area contributed by atoms with Gasteiger partial charge in [0.2, 0.25) is 0 Å². The van der Waals surface area contributed by atoms with Crippen molar-refractivity contribution in [3.05, 3.63) is 76.8 Å². The van der Waals surface area contributed by atoms with Gasteiger partial charge in [0.05, 0.1) is 12.1 Å². The lowest BCUT2D eigenvalue weighted by atomic mass is 9.96. The minimum atomic E-state index is -0.769. The minimum Gasteiger partial charge on any atom is -0.497 e. The second kappa shape index (κ2) is 5.76. The zero-order valence-corrected chi connectivity index (χ0v) is 12.3. The number of rotatable bonds is 3. The van der Waals surface area contributed by atoms with Gasteiger partial charge >= 0.3 is 0 Å². The predicted octanol–water partition coefficient (Wildman–Crippen LogP) is 4.58. The second-order valence-corrected chi connectivity index (χ2v) is 5.27. The number of fused-ring (bicyclic) bond motifs is 1. The van der Waals surface area contributed by atoms with Gasteiger partial charge in [-0.05, 0) is 28.5 Å². The molecule has 0 aliphatic rings. The molecule has 3 aromatic carbocycles. The van der Waals surface area contributed by atoms with Gasteiger partial charge in [-0.15, -0.1) is 0 Å². The van der Waals surface area contributed by atoms with Crippen LogP contribution in [0.1, 0.15) is 17.2 Å². The molecule has 0 fully saturated rings. The van der Waals surface area contributed by atoms with E-state index in [0.29, 0.717) is 16.3 Å². The molecule has 0 amide bonds. The smallest absolute Gasteiger partial charge is 0.120 e. The number of benzene rings is 3. The lowest BCUT2D eigenvalue weighted by molar-refractivity contribution is 0.222. The molecule has 0 radical (unpaired) electrons. The van der Waals surface area contributed by atoms with Gasteiger partial charge in [0.1, 0.15) is 11.9 Å². The van der Waals surface area contributed by atoms with Crippen molar-refractivity contribution in [1.82, 2.24) is 0 Å². The average Bonchev–Trinajstić information content (AvgIpc) is 2.53. The molecule has 0 saturated heterocycles. The topological polar surface area (TPSA) is 29.5 Å². The van der Waals surface area contributed by atoms with E-state index in [9.17, 15) is 5.11 Å². The Bertz CT molecular complexity index is 778. The number of halogens is 1. The fourth-order valence-corrected chi connectivity index (χ4v) is 2.79. The van der Waals surface area contributed by atoms with Crippen LogP contribution in [0.3, 0.4) is 0 Å². The molecule has 2 nitrogen and oxygen atoms in total. The monoisotopic (exact) mass is 298 g/mol. The number of aliphatic hydroxyl groups is 1. The fourth-order valence-electron chi connectivity index (χ4n) is 2.51. The van der Waals surface area contributed by atoms with Crippen molar-refractivity contribution in [2.45, 2.75) is 6.10 Å². The Balaban J connectivity index is 2.10. The highest BCUT2D eigenvalue weighted by atomic mass is 35.5. The molecule has 0 aromatic heterocycles. The van der Waals surface area contributed by atoms with Crippen molar-refractivity contribution in [3.63, 3.8) is 0 Å². The van der Waals surface area contributed by atoms with E-state index in [1.54, 1.807) is 25.3 Å². The highest BCUT2D eigenvalue weighted by Crippen LogP contribution is 2.34. The largest absolute Gasteiger partial charge is 0.497 e. The molecule has 0 bridgehead atoms. The van der Waals surface area contributed by atoms with Crippen molar-refractivity contribution >= 4 is 22.4 Å². The molecule has 3 heteroatoms. The van der Waals surface area contributed by atoms with Gasteiger partial charge in [-0.2, -0.15) is 0 Å². The van der Waals surface area contributed by atoms with Gasteiger partial charge in [-0.1, -0.05) is 60.1 Å². The molecule has 3 rings (SSSR count). The van der Waals surface area contributed by atoms with Crippen molar-refractivity contribution in [1.29, 1.82) is 0 Å². The summed E-state index contributed by atoms with van der Waals surface area (Å²) in [5, 5.41) is 13.3. The molecule has 0 aliphatic carbocycles. The molecule has 0 aliphatic heterocycles. The number of ether oxygens (including phenoxy) is 1. The Kier molecular flexibility index (Phi) is 3.82. The van der Waals surface area contributed by atoms with Crippen LogP contribution < -0.4 is 4.74 Å². The van der Waals surface area contributed by atoms with Crippen LogP contribution in [0.4, 0.5) is 0 Å². The summed E-state index contributed by atoms with van der Waals surface area (Å²) in [6, 6.07) is 19.2. The minimum absolute atomic E-state index is 0.495. The summed E-state index contributed by atoms with van der Waals surface area (Å²) >= 11 is 6.26.